The number of amides is 1. The number of rotatable bonds is 6. The zero-order chi connectivity index (χ0) is 18.6. The maximum absolute atomic E-state index is 12.7. The molecule has 2 rings (SSSR count). The normalized spacial score (nSPS) is 13.1. The number of nitrogens with one attached hydrogen (secondary N) is 1. The van der Waals surface area contributed by atoms with Crippen LogP contribution >= 0.6 is 22.6 Å². The second-order valence-electron chi connectivity index (χ2n) is 6.43. The summed E-state index contributed by atoms with van der Waals surface area (Å²) in [4.78, 5) is 24.2. The molecule has 2 aromatic carbocycles. The lowest BCUT2D eigenvalue weighted by molar-refractivity contribution is -0.145. The molecule has 0 saturated heterocycles. The molecule has 0 fully saturated rings. The Morgan fingerprint density at radius 2 is 1.64 bits per heavy atom. The van der Waals surface area contributed by atoms with Crippen LogP contribution in [-0.2, 0) is 16.0 Å². The largest absolute Gasteiger partial charge is 0.481 e. The van der Waals surface area contributed by atoms with Crippen molar-refractivity contribution in [1.82, 2.24) is 0 Å². The standard InChI is InChI=1S/C20H22INO3/c1-12-8-13(2)10-15(9-12)11-18(14(3)20(24)25)19(23)22-17-6-4-16(21)5-7-17/h4-10,14,18H,11H2,1-3H3,(H,22,23)(H,24,25)/t14-,18+/m0/s1. The molecule has 0 aromatic heterocycles. The fourth-order valence-electron chi connectivity index (χ4n) is 2.88. The van der Waals surface area contributed by atoms with E-state index in [1.54, 1.807) is 6.92 Å². The number of aryl methyl sites for hydroxylation is 2. The molecule has 0 heterocycles. The molecule has 0 aliphatic heterocycles. The Morgan fingerprint density at radius 1 is 1.08 bits per heavy atom. The molecule has 2 atom stereocenters. The summed E-state index contributed by atoms with van der Waals surface area (Å²) in [6, 6.07) is 13.5. The molecule has 0 aliphatic rings. The SMILES string of the molecule is Cc1cc(C)cc(C[C@@H](C(=O)Nc2ccc(I)cc2)[C@H](C)C(=O)O)c1. The van der Waals surface area contributed by atoms with Gasteiger partial charge in [-0.05, 0) is 72.7 Å². The molecule has 0 unspecified atom stereocenters. The van der Waals surface area contributed by atoms with Crippen molar-refractivity contribution in [2.75, 3.05) is 5.32 Å². The van der Waals surface area contributed by atoms with Gasteiger partial charge in [0.1, 0.15) is 0 Å². The molecule has 0 radical (unpaired) electrons. The third-order valence-corrected chi connectivity index (χ3v) is 4.90. The van der Waals surface area contributed by atoms with E-state index >= 15 is 0 Å². The minimum absolute atomic E-state index is 0.268. The Bertz CT molecular complexity index is 751. The summed E-state index contributed by atoms with van der Waals surface area (Å²) in [5, 5.41) is 12.3. The molecule has 0 aliphatic carbocycles. The van der Waals surface area contributed by atoms with Gasteiger partial charge in [-0.3, -0.25) is 9.59 Å². The van der Waals surface area contributed by atoms with E-state index in [1.807, 2.05) is 50.2 Å². The van der Waals surface area contributed by atoms with Crippen molar-refractivity contribution in [3.8, 4) is 0 Å². The van der Waals surface area contributed by atoms with Crippen molar-refractivity contribution >= 4 is 40.2 Å². The minimum atomic E-state index is -0.966. The summed E-state index contributed by atoms with van der Waals surface area (Å²) in [7, 11) is 0. The second kappa shape index (κ2) is 8.47. The van der Waals surface area contributed by atoms with Crippen LogP contribution in [0.5, 0.6) is 0 Å². The molecular weight excluding hydrogens is 429 g/mol. The van der Waals surface area contributed by atoms with Gasteiger partial charge in [0.05, 0.1) is 11.8 Å². The maximum atomic E-state index is 12.7. The Balaban J connectivity index is 2.23. The van der Waals surface area contributed by atoms with Crippen molar-refractivity contribution < 1.29 is 14.7 Å². The molecule has 5 heteroatoms. The Kier molecular flexibility index (Phi) is 6.58. The van der Waals surface area contributed by atoms with E-state index in [9.17, 15) is 14.7 Å². The van der Waals surface area contributed by atoms with Gasteiger partial charge in [-0.15, -0.1) is 0 Å². The fraction of sp³-hybridized carbons (Fsp3) is 0.300. The van der Waals surface area contributed by atoms with Gasteiger partial charge in [-0.25, -0.2) is 0 Å². The van der Waals surface area contributed by atoms with E-state index < -0.39 is 17.8 Å². The van der Waals surface area contributed by atoms with Gasteiger partial charge in [-0.1, -0.05) is 36.2 Å². The van der Waals surface area contributed by atoms with E-state index in [-0.39, 0.29) is 5.91 Å². The third-order valence-electron chi connectivity index (χ3n) is 4.18. The Morgan fingerprint density at radius 3 is 2.16 bits per heavy atom. The first-order chi connectivity index (χ1) is 11.8. The molecule has 0 saturated carbocycles. The highest BCUT2D eigenvalue weighted by Crippen LogP contribution is 2.22. The number of hydrogen-bond acceptors (Lipinski definition) is 2. The first-order valence-electron chi connectivity index (χ1n) is 8.12. The fourth-order valence-corrected chi connectivity index (χ4v) is 3.24. The van der Waals surface area contributed by atoms with Crippen LogP contribution in [0.15, 0.2) is 42.5 Å². The monoisotopic (exact) mass is 451 g/mol. The van der Waals surface area contributed by atoms with Crippen LogP contribution in [0.2, 0.25) is 0 Å². The highest BCUT2D eigenvalue weighted by Gasteiger charge is 2.30. The van der Waals surface area contributed by atoms with Crippen molar-refractivity contribution in [2.45, 2.75) is 27.2 Å². The number of aliphatic carboxylic acids is 1. The van der Waals surface area contributed by atoms with Crippen LogP contribution in [0, 0.1) is 29.3 Å². The van der Waals surface area contributed by atoms with Crippen LogP contribution in [0.4, 0.5) is 5.69 Å². The number of carboxylic acids is 1. The van der Waals surface area contributed by atoms with Crippen molar-refractivity contribution in [3.05, 3.63) is 62.7 Å². The molecule has 4 nitrogen and oxygen atoms in total. The van der Waals surface area contributed by atoms with Gasteiger partial charge in [0.15, 0.2) is 0 Å². The first kappa shape index (κ1) is 19.4. The van der Waals surface area contributed by atoms with E-state index in [0.29, 0.717) is 12.1 Å². The number of anilines is 1. The topological polar surface area (TPSA) is 66.4 Å². The van der Waals surface area contributed by atoms with Crippen molar-refractivity contribution in [1.29, 1.82) is 0 Å². The minimum Gasteiger partial charge on any atom is -0.481 e. The highest BCUT2D eigenvalue weighted by molar-refractivity contribution is 14.1. The smallest absolute Gasteiger partial charge is 0.307 e. The Labute approximate surface area is 161 Å². The molecule has 0 bridgehead atoms. The lowest BCUT2D eigenvalue weighted by Crippen LogP contribution is -2.33. The molecule has 1 amide bonds. The number of carbonyl (C=O) groups is 2. The van der Waals surface area contributed by atoms with E-state index in [4.69, 9.17) is 0 Å². The summed E-state index contributed by atoms with van der Waals surface area (Å²) in [6.07, 6.45) is 0.395. The number of halogens is 1. The molecule has 132 valence electrons. The van der Waals surface area contributed by atoms with Crippen molar-refractivity contribution in [2.24, 2.45) is 11.8 Å². The summed E-state index contributed by atoms with van der Waals surface area (Å²) < 4.78 is 1.07. The number of hydrogen-bond donors (Lipinski definition) is 2. The molecule has 2 aromatic rings. The molecule has 2 N–H and O–H groups in total. The number of carboxylic acid groups (broad SMARTS) is 1. The highest BCUT2D eigenvalue weighted by atomic mass is 127. The van der Waals surface area contributed by atoms with E-state index in [2.05, 4.69) is 34.0 Å². The maximum Gasteiger partial charge on any atom is 0.307 e. The predicted octanol–water partition coefficient (Wildman–Crippen LogP) is 4.43. The van der Waals surface area contributed by atoms with Gasteiger partial charge < -0.3 is 10.4 Å². The summed E-state index contributed by atoms with van der Waals surface area (Å²) in [5.41, 5.74) is 3.87. The van der Waals surface area contributed by atoms with Crippen LogP contribution in [0.25, 0.3) is 0 Å². The zero-order valence-electron chi connectivity index (χ0n) is 14.5. The summed E-state index contributed by atoms with van der Waals surface area (Å²) >= 11 is 2.19. The van der Waals surface area contributed by atoms with Gasteiger partial charge in [-0.2, -0.15) is 0 Å². The van der Waals surface area contributed by atoms with Gasteiger partial charge in [0, 0.05) is 9.26 Å². The lowest BCUT2D eigenvalue weighted by Gasteiger charge is -2.21. The molecule has 0 spiro atoms. The lowest BCUT2D eigenvalue weighted by atomic mass is 9.86. The first-order valence-corrected chi connectivity index (χ1v) is 9.20. The third kappa shape index (κ3) is 5.56. The molecule has 25 heavy (non-hydrogen) atoms. The quantitative estimate of drug-likeness (QED) is 0.639. The Hall–Kier alpha value is -1.89. The van der Waals surface area contributed by atoms with Gasteiger partial charge >= 0.3 is 5.97 Å². The van der Waals surface area contributed by atoms with Gasteiger partial charge in [0.2, 0.25) is 5.91 Å². The van der Waals surface area contributed by atoms with E-state index in [1.165, 1.54) is 0 Å². The summed E-state index contributed by atoms with van der Waals surface area (Å²) in [6.45, 7) is 5.58. The predicted molar refractivity (Wildman–Crippen MR) is 108 cm³/mol. The average Bonchev–Trinajstić information content (AvgIpc) is 2.53. The van der Waals surface area contributed by atoms with Crippen LogP contribution in [-0.4, -0.2) is 17.0 Å². The van der Waals surface area contributed by atoms with Crippen LogP contribution in [0.3, 0.4) is 0 Å². The molecular formula is C20H22INO3. The second-order valence-corrected chi connectivity index (χ2v) is 7.68. The summed E-state index contributed by atoms with van der Waals surface area (Å²) in [5.74, 6) is -2.65. The zero-order valence-corrected chi connectivity index (χ0v) is 16.7. The van der Waals surface area contributed by atoms with Crippen LogP contribution in [0.1, 0.15) is 23.6 Å². The number of carbonyl (C=O) groups excluding carboxylic acids is 1. The van der Waals surface area contributed by atoms with Gasteiger partial charge in [0.25, 0.3) is 0 Å². The van der Waals surface area contributed by atoms with Crippen LogP contribution < -0.4 is 5.32 Å². The van der Waals surface area contributed by atoms with E-state index in [0.717, 1.165) is 20.3 Å². The van der Waals surface area contributed by atoms with Crippen molar-refractivity contribution in [3.63, 3.8) is 0 Å². The number of benzene rings is 2. The average molecular weight is 451 g/mol.